The molecule has 2 aliphatic heterocycles. The molecule has 3 heterocycles. The summed E-state index contributed by atoms with van der Waals surface area (Å²) >= 11 is 0. The van der Waals surface area contributed by atoms with Crippen molar-refractivity contribution < 1.29 is 14.7 Å². The minimum atomic E-state index is -0.745. The van der Waals surface area contributed by atoms with Gasteiger partial charge in [0.25, 0.3) is 5.56 Å². The number of aromatic nitrogens is 1. The molecule has 1 aromatic carbocycles. The number of aliphatic hydroxyl groups excluding tert-OH is 1. The lowest BCUT2D eigenvalue weighted by Gasteiger charge is -2.34. The molecule has 0 radical (unpaired) electrons. The molecule has 3 aliphatic rings. The molecule has 2 amide bonds. The number of amides is 2. The zero-order valence-corrected chi connectivity index (χ0v) is 19.7. The van der Waals surface area contributed by atoms with Gasteiger partial charge in [0.05, 0.1) is 12.6 Å². The maximum atomic E-state index is 13.5. The second-order valence-electron chi connectivity index (χ2n) is 10.0. The Kier molecular flexibility index (Phi) is 6.04. The number of hydrogen-bond acceptors (Lipinski definition) is 5. The third kappa shape index (κ3) is 3.75. The van der Waals surface area contributed by atoms with Gasteiger partial charge in [-0.05, 0) is 51.1 Å². The van der Waals surface area contributed by atoms with E-state index >= 15 is 0 Å². The van der Waals surface area contributed by atoms with E-state index in [1.807, 2.05) is 56.6 Å². The van der Waals surface area contributed by atoms with Gasteiger partial charge in [0.1, 0.15) is 6.04 Å². The largest absolute Gasteiger partial charge is 0.396 e. The van der Waals surface area contributed by atoms with Gasteiger partial charge >= 0.3 is 0 Å². The fourth-order valence-electron chi connectivity index (χ4n) is 5.80. The van der Waals surface area contributed by atoms with Crippen LogP contribution in [0.3, 0.4) is 0 Å². The molecule has 1 saturated heterocycles. The highest BCUT2D eigenvalue weighted by molar-refractivity contribution is 5.90. The molecule has 2 aromatic rings. The Bertz CT molecular complexity index is 1140. The Hall–Kier alpha value is -2.97. The van der Waals surface area contributed by atoms with Crippen LogP contribution in [-0.2, 0) is 16.1 Å². The molecular formula is C26H32N4O4. The van der Waals surface area contributed by atoms with Crippen LogP contribution in [0.15, 0.2) is 47.3 Å². The molecule has 2 fully saturated rings. The van der Waals surface area contributed by atoms with Crippen LogP contribution in [-0.4, -0.2) is 70.6 Å². The summed E-state index contributed by atoms with van der Waals surface area (Å²) in [4.78, 5) is 43.7. The summed E-state index contributed by atoms with van der Waals surface area (Å²) in [6, 6.07) is 12.2. The van der Waals surface area contributed by atoms with Crippen LogP contribution in [0, 0.1) is 11.8 Å². The van der Waals surface area contributed by atoms with Crippen molar-refractivity contribution in [1.29, 1.82) is 0 Å². The number of benzene rings is 1. The number of fused-ring (bicyclic) bond motifs is 3. The number of likely N-dealkylation sites (N-methyl/N-ethyl adjacent to an activating group) is 1. The molecule has 0 bridgehead atoms. The van der Waals surface area contributed by atoms with Crippen molar-refractivity contribution in [2.75, 3.05) is 27.2 Å². The van der Waals surface area contributed by atoms with Gasteiger partial charge in [0.2, 0.25) is 11.8 Å². The Morgan fingerprint density at radius 1 is 1.12 bits per heavy atom. The van der Waals surface area contributed by atoms with Crippen molar-refractivity contribution in [2.24, 2.45) is 11.8 Å². The van der Waals surface area contributed by atoms with Gasteiger partial charge in [-0.1, -0.05) is 30.3 Å². The minimum Gasteiger partial charge on any atom is -0.396 e. The number of rotatable bonds is 6. The van der Waals surface area contributed by atoms with Gasteiger partial charge in [-0.25, -0.2) is 0 Å². The predicted octanol–water partition coefficient (Wildman–Crippen LogP) is 1.24. The van der Waals surface area contributed by atoms with Gasteiger partial charge in [-0.3, -0.25) is 14.4 Å². The van der Waals surface area contributed by atoms with Crippen molar-refractivity contribution in [3.63, 3.8) is 0 Å². The number of nitrogens with one attached hydrogen (secondary N) is 1. The van der Waals surface area contributed by atoms with Gasteiger partial charge in [-0.2, -0.15) is 0 Å². The lowest BCUT2D eigenvalue weighted by molar-refractivity contribution is -0.142. The number of likely N-dealkylation sites (tertiary alicyclic amines) is 1. The van der Waals surface area contributed by atoms with Crippen LogP contribution in [0.2, 0.25) is 0 Å². The summed E-state index contributed by atoms with van der Waals surface area (Å²) in [7, 11) is 3.63. The van der Waals surface area contributed by atoms with Crippen LogP contribution < -0.4 is 10.9 Å². The number of nitrogens with zero attached hydrogens (tertiary/aromatic N) is 3. The van der Waals surface area contributed by atoms with E-state index in [1.54, 1.807) is 14.4 Å². The average molecular weight is 465 g/mol. The predicted molar refractivity (Wildman–Crippen MR) is 128 cm³/mol. The van der Waals surface area contributed by atoms with Crippen molar-refractivity contribution >= 4 is 11.8 Å². The van der Waals surface area contributed by atoms with E-state index in [0.717, 1.165) is 30.5 Å². The SMILES string of the molecule is CN(C)CC(=O)N1[C@H](C(=O)NC2CCC2)[C@@H](CO)[C@@H]2Cn3c(ccc(-c4ccccc4)c3=O)[C@@H]21. The van der Waals surface area contributed by atoms with E-state index in [4.69, 9.17) is 0 Å². The summed E-state index contributed by atoms with van der Waals surface area (Å²) in [6.07, 6.45) is 2.98. The highest BCUT2D eigenvalue weighted by Gasteiger charge is 2.57. The van der Waals surface area contributed by atoms with Crippen molar-refractivity contribution in [2.45, 2.75) is 43.9 Å². The van der Waals surface area contributed by atoms with E-state index in [1.165, 1.54) is 0 Å². The first-order valence-electron chi connectivity index (χ1n) is 12.1. The number of hydrogen-bond donors (Lipinski definition) is 2. The second kappa shape index (κ2) is 9.00. The van der Waals surface area contributed by atoms with Crippen LogP contribution in [0.1, 0.15) is 31.0 Å². The molecule has 1 aromatic heterocycles. The lowest BCUT2D eigenvalue weighted by atomic mass is 9.87. The van der Waals surface area contributed by atoms with E-state index in [9.17, 15) is 19.5 Å². The van der Waals surface area contributed by atoms with Gasteiger partial charge in [0, 0.05) is 42.3 Å². The fourth-order valence-corrected chi connectivity index (χ4v) is 5.80. The lowest BCUT2D eigenvalue weighted by Crippen LogP contribution is -2.54. The Labute approximate surface area is 199 Å². The third-order valence-electron chi connectivity index (χ3n) is 7.62. The van der Waals surface area contributed by atoms with E-state index in [0.29, 0.717) is 12.1 Å². The van der Waals surface area contributed by atoms with E-state index in [-0.39, 0.29) is 42.5 Å². The maximum Gasteiger partial charge on any atom is 0.258 e. The van der Waals surface area contributed by atoms with Crippen molar-refractivity contribution in [3.8, 4) is 11.1 Å². The molecule has 8 heteroatoms. The summed E-state index contributed by atoms with van der Waals surface area (Å²) in [5.41, 5.74) is 2.08. The second-order valence-corrected chi connectivity index (χ2v) is 10.0. The van der Waals surface area contributed by atoms with Gasteiger partial charge in [0.15, 0.2) is 0 Å². The molecule has 4 atom stereocenters. The molecule has 5 rings (SSSR count). The number of pyridine rings is 1. The molecule has 180 valence electrons. The van der Waals surface area contributed by atoms with Crippen molar-refractivity contribution in [1.82, 2.24) is 19.7 Å². The first-order valence-corrected chi connectivity index (χ1v) is 12.1. The highest BCUT2D eigenvalue weighted by Crippen LogP contribution is 2.49. The summed E-state index contributed by atoms with van der Waals surface area (Å²) in [5.74, 6) is -1.000. The molecule has 2 N–H and O–H groups in total. The molecule has 8 nitrogen and oxygen atoms in total. The molecular weight excluding hydrogens is 432 g/mol. The Morgan fingerprint density at radius 2 is 1.85 bits per heavy atom. The average Bonchev–Trinajstić information content (AvgIpc) is 3.31. The normalized spacial score (nSPS) is 25.7. The van der Waals surface area contributed by atoms with E-state index in [2.05, 4.69) is 5.32 Å². The third-order valence-corrected chi connectivity index (χ3v) is 7.62. The number of carbonyl (C=O) groups excluding carboxylic acids is 2. The van der Waals surface area contributed by atoms with Crippen LogP contribution >= 0.6 is 0 Å². The Morgan fingerprint density at radius 3 is 2.47 bits per heavy atom. The minimum absolute atomic E-state index is 0.106. The Balaban J connectivity index is 1.55. The monoisotopic (exact) mass is 464 g/mol. The van der Waals surface area contributed by atoms with E-state index < -0.39 is 18.0 Å². The summed E-state index contributed by atoms with van der Waals surface area (Å²) in [5, 5.41) is 13.5. The highest BCUT2D eigenvalue weighted by atomic mass is 16.3. The van der Waals surface area contributed by atoms with Crippen molar-refractivity contribution in [3.05, 3.63) is 58.5 Å². The number of aliphatic hydroxyl groups is 1. The standard InChI is InChI=1S/C26H32N4O4/c1-28(2)14-22(32)30-23-19(20(15-31)24(30)25(33)27-17-9-6-10-17)13-29-21(23)12-11-18(26(29)34)16-7-4-3-5-8-16/h3-5,7-8,11-12,17,19-20,23-24,31H,6,9-10,13-15H2,1-2H3,(H,27,33)/t19-,20-,23+,24-/m0/s1. The summed E-state index contributed by atoms with van der Waals surface area (Å²) in [6.45, 7) is 0.314. The molecule has 0 spiro atoms. The first kappa shape index (κ1) is 22.8. The number of carbonyl (C=O) groups is 2. The molecule has 1 aliphatic carbocycles. The summed E-state index contributed by atoms with van der Waals surface area (Å²) < 4.78 is 1.73. The van der Waals surface area contributed by atoms with Gasteiger partial charge in [-0.15, -0.1) is 0 Å². The quantitative estimate of drug-likeness (QED) is 0.671. The van der Waals surface area contributed by atoms with Gasteiger partial charge < -0.3 is 24.8 Å². The maximum absolute atomic E-state index is 13.5. The first-order chi connectivity index (χ1) is 16.4. The zero-order valence-electron chi connectivity index (χ0n) is 19.7. The molecule has 1 saturated carbocycles. The topological polar surface area (TPSA) is 94.9 Å². The van der Waals surface area contributed by atoms with Crippen LogP contribution in [0.5, 0.6) is 0 Å². The fraction of sp³-hybridized carbons (Fsp3) is 0.500. The zero-order chi connectivity index (χ0) is 24.0. The van der Waals surface area contributed by atoms with Crippen LogP contribution in [0.25, 0.3) is 11.1 Å². The molecule has 34 heavy (non-hydrogen) atoms. The smallest absolute Gasteiger partial charge is 0.258 e. The molecule has 0 unspecified atom stereocenters. The van der Waals surface area contributed by atoms with Crippen LogP contribution in [0.4, 0.5) is 0 Å².